The SMILES string of the molecule is COc1ccc2c(c1)nc(C1CNCCO1)n2C1CC1. The average molecular weight is 273 g/mol. The number of methoxy groups -OCH3 is 1. The van der Waals surface area contributed by atoms with Crippen molar-refractivity contribution in [1.29, 1.82) is 0 Å². The average Bonchev–Trinajstić information content (AvgIpc) is 3.27. The number of nitrogens with zero attached hydrogens (tertiary/aromatic N) is 2. The first-order chi connectivity index (χ1) is 9.86. The van der Waals surface area contributed by atoms with E-state index in [0.29, 0.717) is 6.04 Å². The Bertz CT molecular complexity index is 627. The van der Waals surface area contributed by atoms with Gasteiger partial charge in [-0.3, -0.25) is 0 Å². The molecule has 1 aromatic heterocycles. The van der Waals surface area contributed by atoms with Crippen LogP contribution in [0.5, 0.6) is 5.75 Å². The van der Waals surface area contributed by atoms with E-state index in [4.69, 9.17) is 14.5 Å². The van der Waals surface area contributed by atoms with Gasteiger partial charge in [-0.25, -0.2) is 4.98 Å². The molecular formula is C15H19N3O2. The zero-order valence-corrected chi connectivity index (χ0v) is 11.6. The molecule has 1 aromatic carbocycles. The quantitative estimate of drug-likeness (QED) is 0.929. The number of nitrogens with one attached hydrogen (secondary N) is 1. The summed E-state index contributed by atoms with van der Waals surface area (Å²) in [7, 11) is 1.69. The molecule has 1 atom stereocenters. The van der Waals surface area contributed by atoms with Crippen molar-refractivity contribution in [2.24, 2.45) is 0 Å². The summed E-state index contributed by atoms with van der Waals surface area (Å²) < 4.78 is 13.6. The summed E-state index contributed by atoms with van der Waals surface area (Å²) in [6.45, 7) is 2.52. The molecule has 1 aliphatic heterocycles. The van der Waals surface area contributed by atoms with E-state index in [1.54, 1.807) is 7.11 Å². The molecule has 0 radical (unpaired) electrons. The zero-order chi connectivity index (χ0) is 13.5. The Kier molecular flexibility index (Phi) is 2.89. The predicted octanol–water partition coefficient (Wildman–Crippen LogP) is 2.04. The number of morpholine rings is 1. The van der Waals surface area contributed by atoms with Crippen LogP contribution in [0.2, 0.25) is 0 Å². The van der Waals surface area contributed by atoms with E-state index in [1.165, 1.54) is 18.4 Å². The highest BCUT2D eigenvalue weighted by Gasteiger charge is 2.32. The summed E-state index contributed by atoms with van der Waals surface area (Å²) in [5.41, 5.74) is 2.19. The van der Waals surface area contributed by atoms with Crippen LogP contribution in [0.4, 0.5) is 0 Å². The minimum atomic E-state index is 0.0581. The van der Waals surface area contributed by atoms with Gasteiger partial charge in [-0.1, -0.05) is 0 Å². The van der Waals surface area contributed by atoms with Gasteiger partial charge < -0.3 is 19.4 Å². The van der Waals surface area contributed by atoms with E-state index >= 15 is 0 Å². The lowest BCUT2D eigenvalue weighted by Crippen LogP contribution is -2.34. The highest BCUT2D eigenvalue weighted by Crippen LogP contribution is 2.41. The van der Waals surface area contributed by atoms with E-state index in [-0.39, 0.29) is 6.10 Å². The molecule has 1 aliphatic carbocycles. The minimum Gasteiger partial charge on any atom is -0.497 e. The molecular weight excluding hydrogens is 254 g/mol. The van der Waals surface area contributed by atoms with Crippen LogP contribution in [0.1, 0.15) is 30.8 Å². The molecule has 1 unspecified atom stereocenters. The van der Waals surface area contributed by atoms with Crippen molar-refractivity contribution >= 4 is 11.0 Å². The largest absolute Gasteiger partial charge is 0.497 e. The summed E-state index contributed by atoms with van der Waals surface area (Å²) >= 11 is 0. The van der Waals surface area contributed by atoms with Gasteiger partial charge in [0.25, 0.3) is 0 Å². The molecule has 0 bridgehead atoms. The first-order valence-corrected chi connectivity index (χ1v) is 7.25. The van der Waals surface area contributed by atoms with Crippen LogP contribution in [-0.2, 0) is 4.74 Å². The molecule has 20 heavy (non-hydrogen) atoms. The predicted molar refractivity (Wildman–Crippen MR) is 76.1 cm³/mol. The van der Waals surface area contributed by atoms with Crippen LogP contribution < -0.4 is 10.1 Å². The van der Waals surface area contributed by atoms with E-state index in [9.17, 15) is 0 Å². The Morgan fingerprint density at radius 3 is 3.00 bits per heavy atom. The number of rotatable bonds is 3. The highest BCUT2D eigenvalue weighted by atomic mass is 16.5. The zero-order valence-electron chi connectivity index (χ0n) is 11.6. The van der Waals surface area contributed by atoms with E-state index in [2.05, 4.69) is 16.0 Å². The van der Waals surface area contributed by atoms with Gasteiger partial charge in [0.2, 0.25) is 0 Å². The fraction of sp³-hybridized carbons (Fsp3) is 0.533. The van der Waals surface area contributed by atoms with E-state index in [1.807, 2.05) is 12.1 Å². The standard InChI is InChI=1S/C15H19N3O2/c1-19-11-4-5-13-12(8-11)17-15(18(13)10-2-3-10)14-9-16-6-7-20-14/h4-5,8,10,14,16H,2-3,6-7,9H2,1H3. The van der Waals surface area contributed by atoms with Gasteiger partial charge in [0.15, 0.2) is 0 Å². The third-order valence-electron chi connectivity index (χ3n) is 4.05. The fourth-order valence-corrected chi connectivity index (χ4v) is 2.90. The Morgan fingerprint density at radius 1 is 1.40 bits per heavy atom. The molecule has 106 valence electrons. The lowest BCUT2D eigenvalue weighted by atomic mass is 10.3. The second-order valence-electron chi connectivity index (χ2n) is 5.49. The first kappa shape index (κ1) is 12.2. The number of hydrogen-bond acceptors (Lipinski definition) is 4. The summed E-state index contributed by atoms with van der Waals surface area (Å²) in [5, 5.41) is 3.38. The second kappa shape index (κ2) is 4.75. The van der Waals surface area contributed by atoms with Gasteiger partial charge in [-0.15, -0.1) is 0 Å². The van der Waals surface area contributed by atoms with Crippen LogP contribution in [-0.4, -0.2) is 36.4 Å². The van der Waals surface area contributed by atoms with Crippen LogP contribution >= 0.6 is 0 Å². The van der Waals surface area contributed by atoms with Gasteiger partial charge in [-0.2, -0.15) is 0 Å². The molecule has 0 amide bonds. The molecule has 5 heteroatoms. The number of ether oxygens (including phenoxy) is 2. The third kappa shape index (κ3) is 1.98. The number of imidazole rings is 1. The van der Waals surface area contributed by atoms with Crippen molar-refractivity contribution in [3.8, 4) is 5.75 Å². The Morgan fingerprint density at radius 2 is 2.30 bits per heavy atom. The summed E-state index contributed by atoms with van der Waals surface area (Å²) in [4.78, 5) is 4.82. The van der Waals surface area contributed by atoms with Gasteiger partial charge in [0.1, 0.15) is 17.7 Å². The van der Waals surface area contributed by atoms with Gasteiger partial charge >= 0.3 is 0 Å². The fourth-order valence-electron chi connectivity index (χ4n) is 2.90. The Balaban J connectivity index is 1.83. The lowest BCUT2D eigenvalue weighted by molar-refractivity contribution is 0.0202. The van der Waals surface area contributed by atoms with Gasteiger partial charge in [0, 0.05) is 25.2 Å². The van der Waals surface area contributed by atoms with Gasteiger partial charge in [0.05, 0.1) is 24.8 Å². The van der Waals surface area contributed by atoms with Crippen LogP contribution in [0.25, 0.3) is 11.0 Å². The normalized spacial score (nSPS) is 23.1. The Hall–Kier alpha value is -1.59. The molecule has 1 saturated carbocycles. The maximum atomic E-state index is 5.89. The summed E-state index contributed by atoms with van der Waals surface area (Å²) in [6, 6.07) is 6.72. The third-order valence-corrected chi connectivity index (χ3v) is 4.05. The number of aromatic nitrogens is 2. The molecule has 1 saturated heterocycles. The highest BCUT2D eigenvalue weighted by molar-refractivity contribution is 5.78. The van der Waals surface area contributed by atoms with Crippen LogP contribution in [0.15, 0.2) is 18.2 Å². The molecule has 2 fully saturated rings. The molecule has 5 nitrogen and oxygen atoms in total. The Labute approximate surface area is 117 Å². The smallest absolute Gasteiger partial charge is 0.140 e. The van der Waals surface area contributed by atoms with Crippen LogP contribution in [0, 0.1) is 0 Å². The molecule has 2 aromatic rings. The molecule has 2 heterocycles. The topological polar surface area (TPSA) is 48.3 Å². The van der Waals surface area contributed by atoms with Crippen molar-refractivity contribution in [3.63, 3.8) is 0 Å². The van der Waals surface area contributed by atoms with Crippen molar-refractivity contribution in [1.82, 2.24) is 14.9 Å². The van der Waals surface area contributed by atoms with E-state index in [0.717, 1.165) is 36.8 Å². The maximum Gasteiger partial charge on any atom is 0.140 e. The second-order valence-corrected chi connectivity index (χ2v) is 5.49. The van der Waals surface area contributed by atoms with Crippen LogP contribution in [0.3, 0.4) is 0 Å². The number of benzene rings is 1. The van der Waals surface area contributed by atoms with Gasteiger partial charge in [-0.05, 0) is 25.0 Å². The number of fused-ring (bicyclic) bond motifs is 1. The molecule has 4 rings (SSSR count). The van der Waals surface area contributed by atoms with Crippen molar-refractivity contribution in [2.75, 3.05) is 26.8 Å². The van der Waals surface area contributed by atoms with Crippen molar-refractivity contribution < 1.29 is 9.47 Å². The number of hydrogen-bond donors (Lipinski definition) is 1. The van der Waals surface area contributed by atoms with Crippen molar-refractivity contribution in [3.05, 3.63) is 24.0 Å². The summed E-state index contributed by atoms with van der Waals surface area (Å²) in [6.07, 6.45) is 2.54. The maximum absolute atomic E-state index is 5.89. The monoisotopic (exact) mass is 273 g/mol. The molecule has 1 N–H and O–H groups in total. The lowest BCUT2D eigenvalue weighted by Gasteiger charge is -2.24. The molecule has 0 spiro atoms. The minimum absolute atomic E-state index is 0.0581. The summed E-state index contributed by atoms with van der Waals surface area (Å²) in [5.74, 6) is 1.91. The molecule has 2 aliphatic rings. The first-order valence-electron chi connectivity index (χ1n) is 7.25. The van der Waals surface area contributed by atoms with E-state index < -0.39 is 0 Å². The van der Waals surface area contributed by atoms with Crippen molar-refractivity contribution in [2.45, 2.75) is 25.0 Å².